The third-order valence-electron chi connectivity index (χ3n) is 5.41. The van der Waals surface area contributed by atoms with Crippen molar-refractivity contribution in [2.45, 2.75) is 57.8 Å². The largest absolute Gasteiger partial charge is 0.393 e. The number of nitrogens with one attached hydrogen (secondary N) is 2. The molecule has 1 heterocycles. The van der Waals surface area contributed by atoms with Gasteiger partial charge in [0, 0.05) is 32.2 Å². The number of halogens is 1. The van der Waals surface area contributed by atoms with E-state index in [1.54, 1.807) is 0 Å². The van der Waals surface area contributed by atoms with Crippen LogP contribution in [0.5, 0.6) is 0 Å². The molecular weight excluding hydrogens is 467 g/mol. The third kappa shape index (κ3) is 7.50. The van der Waals surface area contributed by atoms with E-state index in [1.807, 2.05) is 0 Å². The maximum absolute atomic E-state index is 9.70. The van der Waals surface area contributed by atoms with Gasteiger partial charge >= 0.3 is 0 Å². The summed E-state index contributed by atoms with van der Waals surface area (Å²) < 4.78 is 5.46. The Balaban J connectivity index is 0.00000280. The topological polar surface area (TPSA) is 69.1 Å². The van der Waals surface area contributed by atoms with Crippen LogP contribution in [0.15, 0.2) is 29.3 Å². The SMILES string of the molecule is CCNC(=NCc1ccccc1CN1CCOCC1)NC1CCC(O)CC1.I. The molecule has 0 spiro atoms. The molecule has 0 atom stereocenters. The van der Waals surface area contributed by atoms with Crippen LogP contribution in [0.3, 0.4) is 0 Å². The van der Waals surface area contributed by atoms with Crippen LogP contribution in [0.4, 0.5) is 0 Å². The molecule has 7 heteroatoms. The molecule has 0 unspecified atom stereocenters. The van der Waals surface area contributed by atoms with E-state index < -0.39 is 0 Å². The Morgan fingerprint density at radius 2 is 1.82 bits per heavy atom. The second kappa shape index (κ2) is 12.6. The highest BCUT2D eigenvalue weighted by Gasteiger charge is 2.20. The Morgan fingerprint density at radius 1 is 1.14 bits per heavy atom. The lowest BCUT2D eigenvalue weighted by Gasteiger charge is -2.28. The van der Waals surface area contributed by atoms with E-state index in [-0.39, 0.29) is 30.1 Å². The molecule has 28 heavy (non-hydrogen) atoms. The van der Waals surface area contributed by atoms with Crippen LogP contribution >= 0.6 is 24.0 Å². The molecule has 0 amide bonds. The first-order valence-electron chi connectivity index (χ1n) is 10.3. The quantitative estimate of drug-likeness (QED) is 0.317. The Kier molecular flexibility index (Phi) is 10.5. The molecule has 3 N–H and O–H groups in total. The minimum absolute atomic E-state index is 0. The molecule has 0 aromatic heterocycles. The molecule has 2 aliphatic rings. The number of aliphatic hydroxyl groups excluding tert-OH is 1. The molecule has 0 radical (unpaired) electrons. The summed E-state index contributed by atoms with van der Waals surface area (Å²) in [4.78, 5) is 7.29. The molecule has 158 valence electrons. The first-order valence-corrected chi connectivity index (χ1v) is 10.3. The molecule has 3 rings (SSSR count). The molecule has 1 aromatic rings. The second-order valence-electron chi connectivity index (χ2n) is 7.50. The lowest BCUT2D eigenvalue weighted by Crippen LogP contribution is -2.45. The maximum atomic E-state index is 9.70. The summed E-state index contributed by atoms with van der Waals surface area (Å²) in [6.07, 6.45) is 3.62. The van der Waals surface area contributed by atoms with Gasteiger partial charge < -0.3 is 20.5 Å². The van der Waals surface area contributed by atoms with Gasteiger partial charge in [-0.25, -0.2) is 4.99 Å². The molecule has 1 saturated carbocycles. The van der Waals surface area contributed by atoms with Gasteiger partial charge in [-0.05, 0) is 43.7 Å². The van der Waals surface area contributed by atoms with Crippen molar-refractivity contribution in [2.24, 2.45) is 4.99 Å². The minimum Gasteiger partial charge on any atom is -0.393 e. The van der Waals surface area contributed by atoms with Crippen LogP contribution in [0.25, 0.3) is 0 Å². The predicted octanol–water partition coefficient (Wildman–Crippen LogP) is 2.50. The normalized spacial score (nSPS) is 23.7. The summed E-state index contributed by atoms with van der Waals surface area (Å²) in [6.45, 7) is 8.20. The lowest BCUT2D eigenvalue weighted by atomic mass is 9.93. The standard InChI is InChI=1S/C21H34N4O2.HI/c1-2-22-21(24-19-7-9-20(26)10-8-19)23-15-17-5-3-4-6-18(17)16-25-11-13-27-14-12-25;/h3-6,19-20,26H,2,7-16H2,1H3,(H2,22,23,24);1H. The summed E-state index contributed by atoms with van der Waals surface area (Å²) >= 11 is 0. The van der Waals surface area contributed by atoms with Crippen LogP contribution in [0.1, 0.15) is 43.7 Å². The zero-order valence-electron chi connectivity index (χ0n) is 16.9. The Bertz CT molecular complexity index is 600. The van der Waals surface area contributed by atoms with E-state index in [0.717, 1.165) is 71.0 Å². The second-order valence-corrected chi connectivity index (χ2v) is 7.50. The number of hydrogen-bond donors (Lipinski definition) is 3. The number of rotatable bonds is 6. The highest BCUT2D eigenvalue weighted by Crippen LogP contribution is 2.18. The smallest absolute Gasteiger partial charge is 0.191 e. The molecule has 1 aromatic carbocycles. The Morgan fingerprint density at radius 3 is 2.50 bits per heavy atom. The highest BCUT2D eigenvalue weighted by atomic mass is 127. The summed E-state index contributed by atoms with van der Waals surface area (Å²) in [7, 11) is 0. The molecule has 2 fully saturated rings. The van der Waals surface area contributed by atoms with Crippen LogP contribution in [0, 0.1) is 0 Å². The first-order chi connectivity index (χ1) is 13.2. The fourth-order valence-corrected chi connectivity index (χ4v) is 3.76. The van der Waals surface area contributed by atoms with E-state index in [2.05, 4.69) is 46.7 Å². The van der Waals surface area contributed by atoms with Crippen molar-refractivity contribution in [3.8, 4) is 0 Å². The number of aliphatic hydroxyl groups is 1. The minimum atomic E-state index is -0.130. The van der Waals surface area contributed by atoms with Gasteiger partial charge in [0.25, 0.3) is 0 Å². The zero-order chi connectivity index (χ0) is 18.9. The zero-order valence-corrected chi connectivity index (χ0v) is 19.2. The summed E-state index contributed by atoms with van der Waals surface area (Å²) in [6, 6.07) is 8.99. The number of nitrogens with zero attached hydrogens (tertiary/aromatic N) is 2. The summed E-state index contributed by atoms with van der Waals surface area (Å²) in [5.74, 6) is 0.875. The molecule has 1 aliphatic heterocycles. The van der Waals surface area contributed by atoms with Crippen LogP contribution in [-0.2, 0) is 17.8 Å². The number of aliphatic imine (C=N–C) groups is 1. The van der Waals surface area contributed by atoms with Crippen LogP contribution in [0.2, 0.25) is 0 Å². The number of ether oxygens (including phenoxy) is 1. The van der Waals surface area contributed by atoms with Crippen molar-refractivity contribution in [2.75, 3.05) is 32.8 Å². The van der Waals surface area contributed by atoms with Gasteiger partial charge in [-0.1, -0.05) is 24.3 Å². The maximum Gasteiger partial charge on any atom is 0.191 e. The number of morpholine rings is 1. The van der Waals surface area contributed by atoms with Gasteiger partial charge in [-0.15, -0.1) is 24.0 Å². The van der Waals surface area contributed by atoms with Crippen molar-refractivity contribution in [1.82, 2.24) is 15.5 Å². The van der Waals surface area contributed by atoms with Gasteiger partial charge in [-0.2, -0.15) is 0 Å². The fourth-order valence-electron chi connectivity index (χ4n) is 3.76. The van der Waals surface area contributed by atoms with Crippen molar-refractivity contribution >= 4 is 29.9 Å². The molecule has 0 bridgehead atoms. The Labute approximate surface area is 186 Å². The Hall–Kier alpha value is -0.900. The highest BCUT2D eigenvalue weighted by molar-refractivity contribution is 14.0. The number of benzene rings is 1. The van der Waals surface area contributed by atoms with E-state index in [1.165, 1.54) is 11.1 Å². The van der Waals surface area contributed by atoms with Crippen molar-refractivity contribution in [3.05, 3.63) is 35.4 Å². The average molecular weight is 502 g/mol. The first kappa shape index (κ1) is 23.4. The van der Waals surface area contributed by atoms with E-state index >= 15 is 0 Å². The molecule has 1 saturated heterocycles. The molecule has 1 aliphatic carbocycles. The van der Waals surface area contributed by atoms with Crippen molar-refractivity contribution in [3.63, 3.8) is 0 Å². The monoisotopic (exact) mass is 502 g/mol. The summed E-state index contributed by atoms with van der Waals surface area (Å²) in [5.41, 5.74) is 2.63. The third-order valence-corrected chi connectivity index (χ3v) is 5.41. The van der Waals surface area contributed by atoms with Gasteiger partial charge in [-0.3, -0.25) is 4.90 Å². The van der Waals surface area contributed by atoms with Gasteiger partial charge in [0.2, 0.25) is 0 Å². The lowest BCUT2D eigenvalue weighted by molar-refractivity contribution is 0.0341. The molecule has 6 nitrogen and oxygen atoms in total. The predicted molar refractivity (Wildman–Crippen MR) is 124 cm³/mol. The van der Waals surface area contributed by atoms with Crippen molar-refractivity contribution in [1.29, 1.82) is 0 Å². The van der Waals surface area contributed by atoms with Gasteiger partial charge in [0.05, 0.1) is 25.9 Å². The fraction of sp³-hybridized carbons (Fsp3) is 0.667. The van der Waals surface area contributed by atoms with E-state index in [0.29, 0.717) is 12.6 Å². The van der Waals surface area contributed by atoms with Crippen molar-refractivity contribution < 1.29 is 9.84 Å². The van der Waals surface area contributed by atoms with Crippen LogP contribution < -0.4 is 10.6 Å². The van der Waals surface area contributed by atoms with Crippen LogP contribution in [-0.4, -0.2) is 61.0 Å². The number of guanidine groups is 1. The number of hydrogen-bond acceptors (Lipinski definition) is 4. The average Bonchev–Trinajstić information content (AvgIpc) is 2.70. The van der Waals surface area contributed by atoms with E-state index in [9.17, 15) is 5.11 Å². The van der Waals surface area contributed by atoms with E-state index in [4.69, 9.17) is 9.73 Å². The van der Waals surface area contributed by atoms with Gasteiger partial charge in [0.15, 0.2) is 5.96 Å². The van der Waals surface area contributed by atoms with Gasteiger partial charge in [0.1, 0.15) is 0 Å². The molecular formula is C21H35IN4O2. The summed E-state index contributed by atoms with van der Waals surface area (Å²) in [5, 5.41) is 16.6.